The maximum absolute atomic E-state index is 12.9. The molecule has 1 aromatic rings. The second kappa shape index (κ2) is 3.96. The Kier molecular flexibility index (Phi) is 3.10. The number of hydrogen-bond acceptors (Lipinski definition) is 1. The Morgan fingerprint density at radius 3 is 2.00 bits per heavy atom. The van der Waals surface area contributed by atoms with Crippen LogP contribution in [0.25, 0.3) is 0 Å². The van der Waals surface area contributed by atoms with E-state index in [0.717, 1.165) is 24.3 Å². The van der Waals surface area contributed by atoms with Crippen LogP contribution in [0, 0.1) is 0 Å². The quantitative estimate of drug-likeness (QED) is 0.741. The molecule has 0 aliphatic heterocycles. The first kappa shape index (κ1) is 11.0. The number of halogens is 4. The van der Waals surface area contributed by atoms with Gasteiger partial charge in [0.05, 0.1) is 5.56 Å². The maximum atomic E-state index is 12.9. The van der Waals surface area contributed by atoms with Crippen LogP contribution < -0.4 is 5.73 Å². The Morgan fingerprint density at radius 1 is 1.14 bits per heavy atom. The maximum Gasteiger partial charge on any atom is 0.416 e. The molecule has 0 aliphatic rings. The summed E-state index contributed by atoms with van der Waals surface area (Å²) in [6.07, 6.45) is -5.79. The minimum absolute atomic E-state index is 0.167. The first-order chi connectivity index (χ1) is 6.45. The SMILES string of the molecule is NC[C@@H](F)c1ccc(C(F)(F)F)cc1. The summed E-state index contributed by atoms with van der Waals surface area (Å²) < 4.78 is 49.1. The van der Waals surface area contributed by atoms with E-state index in [9.17, 15) is 17.6 Å². The first-order valence-corrected chi connectivity index (χ1v) is 3.96. The minimum Gasteiger partial charge on any atom is -0.327 e. The van der Waals surface area contributed by atoms with Crippen molar-refractivity contribution >= 4 is 0 Å². The molecule has 2 N–H and O–H groups in total. The van der Waals surface area contributed by atoms with Crippen LogP contribution in [0.5, 0.6) is 0 Å². The normalized spacial score (nSPS) is 14.1. The summed E-state index contributed by atoms with van der Waals surface area (Å²) in [5.41, 5.74) is 4.41. The molecular weight excluding hydrogens is 198 g/mol. The van der Waals surface area contributed by atoms with Crippen molar-refractivity contribution in [2.24, 2.45) is 5.73 Å². The highest BCUT2D eigenvalue weighted by atomic mass is 19.4. The van der Waals surface area contributed by atoms with Crippen LogP contribution in [0.15, 0.2) is 24.3 Å². The molecule has 0 fully saturated rings. The molecule has 78 valence electrons. The number of hydrogen-bond donors (Lipinski definition) is 1. The molecule has 0 bridgehead atoms. The fourth-order valence-electron chi connectivity index (χ4n) is 1.02. The molecule has 1 nitrogen and oxygen atoms in total. The summed E-state index contributed by atoms with van der Waals surface area (Å²) in [4.78, 5) is 0. The fraction of sp³-hybridized carbons (Fsp3) is 0.333. The smallest absolute Gasteiger partial charge is 0.327 e. The molecule has 5 heteroatoms. The van der Waals surface area contributed by atoms with Gasteiger partial charge >= 0.3 is 6.18 Å². The van der Waals surface area contributed by atoms with Crippen molar-refractivity contribution in [2.75, 3.05) is 6.54 Å². The van der Waals surface area contributed by atoms with E-state index < -0.39 is 17.9 Å². The monoisotopic (exact) mass is 207 g/mol. The van der Waals surface area contributed by atoms with Gasteiger partial charge in [0.1, 0.15) is 6.17 Å². The molecule has 0 heterocycles. The predicted octanol–water partition coefficient (Wildman–Crippen LogP) is 2.67. The Morgan fingerprint density at radius 2 is 1.64 bits per heavy atom. The van der Waals surface area contributed by atoms with Crippen molar-refractivity contribution in [2.45, 2.75) is 12.3 Å². The second-order valence-electron chi connectivity index (χ2n) is 2.82. The first-order valence-electron chi connectivity index (χ1n) is 3.96. The molecule has 0 saturated carbocycles. The molecule has 1 rings (SSSR count). The van der Waals surface area contributed by atoms with Crippen molar-refractivity contribution in [1.29, 1.82) is 0 Å². The number of alkyl halides is 4. The van der Waals surface area contributed by atoms with E-state index in [2.05, 4.69) is 0 Å². The summed E-state index contributed by atoms with van der Waals surface area (Å²) >= 11 is 0. The van der Waals surface area contributed by atoms with Gasteiger partial charge in [-0.25, -0.2) is 4.39 Å². The highest BCUT2D eigenvalue weighted by molar-refractivity contribution is 5.26. The standard InChI is InChI=1S/C9H9F4N/c10-8(5-14)6-1-3-7(4-2-6)9(11,12)13/h1-4,8H,5,14H2/t8-/m1/s1. The summed E-state index contributed by atoms with van der Waals surface area (Å²) in [6.45, 7) is -0.231. The molecule has 0 aromatic heterocycles. The fourth-order valence-corrected chi connectivity index (χ4v) is 1.02. The van der Waals surface area contributed by atoms with E-state index in [0.29, 0.717) is 0 Å². The van der Waals surface area contributed by atoms with Crippen molar-refractivity contribution < 1.29 is 17.6 Å². The third-order valence-electron chi connectivity index (χ3n) is 1.81. The van der Waals surface area contributed by atoms with Gasteiger partial charge in [-0.2, -0.15) is 13.2 Å². The van der Waals surface area contributed by atoms with E-state index in [1.165, 1.54) is 0 Å². The molecule has 0 saturated heterocycles. The van der Waals surface area contributed by atoms with Gasteiger partial charge in [0.25, 0.3) is 0 Å². The van der Waals surface area contributed by atoms with Crippen molar-refractivity contribution in [3.8, 4) is 0 Å². The average Bonchev–Trinajstić information content (AvgIpc) is 2.15. The summed E-state index contributed by atoms with van der Waals surface area (Å²) in [6, 6.07) is 3.88. The number of nitrogens with two attached hydrogens (primary N) is 1. The van der Waals surface area contributed by atoms with Crippen LogP contribution in [-0.2, 0) is 6.18 Å². The molecule has 1 atom stereocenters. The van der Waals surface area contributed by atoms with Crippen LogP contribution >= 0.6 is 0 Å². The summed E-state index contributed by atoms with van der Waals surface area (Å²) in [5.74, 6) is 0. The zero-order valence-corrected chi connectivity index (χ0v) is 7.18. The lowest BCUT2D eigenvalue weighted by Crippen LogP contribution is -2.09. The van der Waals surface area contributed by atoms with Gasteiger partial charge in [-0.05, 0) is 17.7 Å². The lowest BCUT2D eigenvalue weighted by atomic mass is 10.1. The van der Waals surface area contributed by atoms with Crippen molar-refractivity contribution in [3.05, 3.63) is 35.4 Å². The molecular formula is C9H9F4N. The van der Waals surface area contributed by atoms with Gasteiger partial charge in [0.15, 0.2) is 0 Å². The van der Waals surface area contributed by atoms with E-state index in [4.69, 9.17) is 5.73 Å². The van der Waals surface area contributed by atoms with Crippen molar-refractivity contribution in [3.63, 3.8) is 0 Å². The van der Waals surface area contributed by atoms with Crippen LogP contribution in [0.1, 0.15) is 17.3 Å². The Labute approximate surface area is 78.5 Å². The highest BCUT2D eigenvalue weighted by Crippen LogP contribution is 2.30. The van der Waals surface area contributed by atoms with Gasteiger partial charge in [-0.15, -0.1) is 0 Å². The molecule has 0 spiro atoms. The average molecular weight is 207 g/mol. The highest BCUT2D eigenvalue weighted by Gasteiger charge is 2.30. The minimum atomic E-state index is -4.38. The van der Waals surface area contributed by atoms with Gasteiger partial charge in [-0.3, -0.25) is 0 Å². The largest absolute Gasteiger partial charge is 0.416 e. The molecule has 1 aromatic carbocycles. The van der Waals surface area contributed by atoms with Gasteiger partial charge in [0.2, 0.25) is 0 Å². The lowest BCUT2D eigenvalue weighted by Gasteiger charge is -2.09. The predicted molar refractivity (Wildman–Crippen MR) is 44.3 cm³/mol. The lowest BCUT2D eigenvalue weighted by molar-refractivity contribution is -0.137. The molecule has 0 unspecified atom stereocenters. The van der Waals surface area contributed by atoms with Crippen LogP contribution in [0.2, 0.25) is 0 Å². The van der Waals surface area contributed by atoms with Crippen molar-refractivity contribution in [1.82, 2.24) is 0 Å². The zero-order chi connectivity index (χ0) is 10.8. The zero-order valence-electron chi connectivity index (χ0n) is 7.18. The van der Waals surface area contributed by atoms with E-state index >= 15 is 0 Å². The van der Waals surface area contributed by atoms with Gasteiger partial charge in [0, 0.05) is 6.54 Å². The summed E-state index contributed by atoms with van der Waals surface area (Å²) in [5, 5.41) is 0. The molecule has 0 amide bonds. The number of benzene rings is 1. The third kappa shape index (κ3) is 2.45. The van der Waals surface area contributed by atoms with E-state index in [1.807, 2.05) is 0 Å². The van der Waals surface area contributed by atoms with E-state index in [1.54, 1.807) is 0 Å². The Hall–Kier alpha value is -1.10. The molecule has 0 radical (unpaired) electrons. The molecule has 0 aliphatic carbocycles. The molecule has 14 heavy (non-hydrogen) atoms. The topological polar surface area (TPSA) is 26.0 Å². The third-order valence-corrected chi connectivity index (χ3v) is 1.81. The van der Waals surface area contributed by atoms with Crippen LogP contribution in [-0.4, -0.2) is 6.54 Å². The summed E-state index contributed by atoms with van der Waals surface area (Å²) in [7, 11) is 0. The van der Waals surface area contributed by atoms with Gasteiger partial charge < -0.3 is 5.73 Å². The van der Waals surface area contributed by atoms with Crippen LogP contribution in [0.4, 0.5) is 17.6 Å². The number of rotatable bonds is 2. The van der Waals surface area contributed by atoms with E-state index in [-0.39, 0.29) is 12.1 Å². The van der Waals surface area contributed by atoms with Crippen LogP contribution in [0.3, 0.4) is 0 Å². The Balaban J connectivity index is 2.89. The second-order valence-corrected chi connectivity index (χ2v) is 2.82. The van der Waals surface area contributed by atoms with Gasteiger partial charge in [-0.1, -0.05) is 12.1 Å². The Bertz CT molecular complexity index is 291.